The van der Waals surface area contributed by atoms with Crippen molar-refractivity contribution in [3.63, 3.8) is 0 Å². The first-order valence-electron chi connectivity index (χ1n) is 8.39. The number of guanidine groups is 1. The van der Waals surface area contributed by atoms with Gasteiger partial charge in [0.1, 0.15) is 0 Å². The van der Waals surface area contributed by atoms with Crippen LogP contribution < -0.4 is 10.6 Å². The van der Waals surface area contributed by atoms with Gasteiger partial charge in [-0.2, -0.15) is 5.10 Å². The van der Waals surface area contributed by atoms with Crippen LogP contribution in [0.5, 0.6) is 0 Å². The molecule has 2 heterocycles. The highest BCUT2D eigenvalue weighted by Crippen LogP contribution is 2.15. The number of aliphatic imine (C=N–C) groups is 1. The molecule has 1 aliphatic heterocycles. The Bertz CT molecular complexity index is 441. The zero-order valence-electron chi connectivity index (χ0n) is 14.1. The molecule has 0 saturated carbocycles. The van der Waals surface area contributed by atoms with E-state index in [2.05, 4.69) is 39.5 Å². The number of nitrogens with one attached hydrogen (secondary N) is 2. The van der Waals surface area contributed by atoms with E-state index in [4.69, 9.17) is 0 Å². The second-order valence-corrected chi connectivity index (χ2v) is 6.09. The average molecular weight is 306 g/mol. The molecular formula is C16H30N6. The third kappa shape index (κ3) is 5.02. The van der Waals surface area contributed by atoms with E-state index in [0.717, 1.165) is 32.1 Å². The van der Waals surface area contributed by atoms with Gasteiger partial charge in [-0.25, -0.2) is 0 Å². The normalized spacial score (nSPS) is 21.0. The minimum Gasteiger partial charge on any atom is -0.356 e. The summed E-state index contributed by atoms with van der Waals surface area (Å²) in [7, 11) is 1.83. The molecule has 1 aliphatic rings. The Kier molecular flexibility index (Phi) is 6.71. The predicted molar refractivity (Wildman–Crippen MR) is 91.0 cm³/mol. The van der Waals surface area contributed by atoms with Crippen molar-refractivity contribution < 1.29 is 0 Å². The molecule has 1 fully saturated rings. The van der Waals surface area contributed by atoms with E-state index in [9.17, 15) is 0 Å². The lowest BCUT2D eigenvalue weighted by Crippen LogP contribution is -2.45. The first-order chi connectivity index (χ1) is 10.7. The smallest absolute Gasteiger partial charge is 0.191 e. The summed E-state index contributed by atoms with van der Waals surface area (Å²) in [5, 5.41) is 11.1. The van der Waals surface area contributed by atoms with Gasteiger partial charge in [-0.05, 0) is 37.9 Å². The Labute approximate surface area is 134 Å². The minimum atomic E-state index is 0.497. The highest BCUT2D eigenvalue weighted by Gasteiger charge is 2.22. The first-order valence-corrected chi connectivity index (χ1v) is 8.39. The highest BCUT2D eigenvalue weighted by molar-refractivity contribution is 5.79. The molecule has 6 heteroatoms. The van der Waals surface area contributed by atoms with Crippen molar-refractivity contribution in [3.8, 4) is 0 Å². The van der Waals surface area contributed by atoms with Crippen molar-refractivity contribution in [2.24, 2.45) is 10.9 Å². The van der Waals surface area contributed by atoms with Crippen molar-refractivity contribution in [2.75, 3.05) is 33.2 Å². The highest BCUT2D eigenvalue weighted by atomic mass is 15.3. The van der Waals surface area contributed by atoms with E-state index >= 15 is 0 Å². The zero-order valence-corrected chi connectivity index (χ0v) is 14.1. The van der Waals surface area contributed by atoms with Gasteiger partial charge >= 0.3 is 0 Å². The lowest BCUT2D eigenvalue weighted by atomic mass is 10.2. The molecule has 0 aliphatic carbocycles. The van der Waals surface area contributed by atoms with E-state index < -0.39 is 0 Å². The molecule has 2 rings (SSSR count). The molecule has 1 aromatic heterocycles. The predicted octanol–water partition coefficient (Wildman–Crippen LogP) is 1.17. The summed E-state index contributed by atoms with van der Waals surface area (Å²) in [5.74, 6) is 1.40. The Morgan fingerprint density at radius 2 is 2.32 bits per heavy atom. The van der Waals surface area contributed by atoms with Crippen molar-refractivity contribution in [1.82, 2.24) is 25.3 Å². The summed E-state index contributed by atoms with van der Waals surface area (Å²) in [5.41, 5.74) is 0. The van der Waals surface area contributed by atoms with Crippen LogP contribution in [-0.4, -0.2) is 59.9 Å². The van der Waals surface area contributed by atoms with Gasteiger partial charge in [-0.1, -0.05) is 13.8 Å². The van der Waals surface area contributed by atoms with Gasteiger partial charge in [0, 0.05) is 45.1 Å². The molecule has 0 spiro atoms. The van der Waals surface area contributed by atoms with E-state index in [0.29, 0.717) is 12.0 Å². The fourth-order valence-electron chi connectivity index (χ4n) is 3.04. The summed E-state index contributed by atoms with van der Waals surface area (Å²) in [4.78, 5) is 6.86. The molecule has 124 valence electrons. The maximum atomic E-state index is 4.32. The molecular weight excluding hydrogens is 276 g/mol. The molecule has 0 radical (unpaired) electrons. The fraction of sp³-hybridized carbons (Fsp3) is 0.750. The largest absolute Gasteiger partial charge is 0.356 e. The van der Waals surface area contributed by atoms with Crippen LogP contribution in [0.2, 0.25) is 0 Å². The summed E-state index contributed by atoms with van der Waals surface area (Å²) in [6.07, 6.45) is 6.42. The van der Waals surface area contributed by atoms with Gasteiger partial charge in [0.05, 0.1) is 0 Å². The number of aromatic nitrogens is 2. The molecule has 0 bridgehead atoms. The molecule has 2 N–H and O–H groups in total. The van der Waals surface area contributed by atoms with E-state index in [1.165, 1.54) is 19.4 Å². The number of likely N-dealkylation sites (N-methyl/N-ethyl adjacent to an activating group) is 1. The Hall–Kier alpha value is -1.56. The second kappa shape index (κ2) is 8.78. The maximum Gasteiger partial charge on any atom is 0.191 e. The number of hydrogen-bond donors (Lipinski definition) is 2. The Morgan fingerprint density at radius 1 is 1.45 bits per heavy atom. The van der Waals surface area contributed by atoms with Crippen molar-refractivity contribution in [2.45, 2.75) is 39.3 Å². The Balaban J connectivity index is 1.68. The van der Waals surface area contributed by atoms with Gasteiger partial charge in [0.2, 0.25) is 0 Å². The van der Waals surface area contributed by atoms with Crippen LogP contribution in [0.3, 0.4) is 0 Å². The molecule has 1 saturated heterocycles. The van der Waals surface area contributed by atoms with Crippen LogP contribution in [0, 0.1) is 5.92 Å². The van der Waals surface area contributed by atoms with Gasteiger partial charge < -0.3 is 10.6 Å². The summed E-state index contributed by atoms with van der Waals surface area (Å²) >= 11 is 0. The van der Waals surface area contributed by atoms with Gasteiger partial charge in [-0.15, -0.1) is 0 Å². The standard InChI is InChI=1S/C16H30N6/c1-4-21-9-5-7-15(21)12-19-16(17-3)18-11-14(2)13-22-10-6-8-20-22/h6,8,10,14-15H,4-5,7,9,11-13H2,1-3H3,(H2,17,18,19). The molecule has 22 heavy (non-hydrogen) atoms. The minimum absolute atomic E-state index is 0.497. The topological polar surface area (TPSA) is 57.5 Å². The quantitative estimate of drug-likeness (QED) is 0.586. The molecule has 1 aromatic rings. The maximum absolute atomic E-state index is 4.32. The van der Waals surface area contributed by atoms with E-state index in [1.807, 2.05) is 30.2 Å². The van der Waals surface area contributed by atoms with E-state index in [1.54, 1.807) is 0 Å². The SMILES string of the molecule is CCN1CCCC1CNC(=NC)NCC(C)Cn1cccn1. The fourth-order valence-corrected chi connectivity index (χ4v) is 3.04. The van der Waals surface area contributed by atoms with Crippen molar-refractivity contribution in [1.29, 1.82) is 0 Å². The number of rotatable bonds is 7. The lowest BCUT2D eigenvalue weighted by molar-refractivity contribution is 0.267. The first kappa shape index (κ1) is 16.8. The van der Waals surface area contributed by atoms with Crippen LogP contribution >= 0.6 is 0 Å². The monoisotopic (exact) mass is 306 g/mol. The van der Waals surface area contributed by atoms with Crippen LogP contribution in [0.25, 0.3) is 0 Å². The summed E-state index contributed by atoms with van der Waals surface area (Å²) in [6.45, 7) is 9.61. The van der Waals surface area contributed by atoms with Crippen LogP contribution in [-0.2, 0) is 6.54 Å². The van der Waals surface area contributed by atoms with Gasteiger partial charge in [-0.3, -0.25) is 14.6 Å². The number of hydrogen-bond acceptors (Lipinski definition) is 3. The third-order valence-electron chi connectivity index (χ3n) is 4.31. The third-order valence-corrected chi connectivity index (χ3v) is 4.31. The van der Waals surface area contributed by atoms with Crippen LogP contribution in [0.4, 0.5) is 0 Å². The Morgan fingerprint density at radius 3 is 3.00 bits per heavy atom. The van der Waals surface area contributed by atoms with Gasteiger partial charge in [0.15, 0.2) is 5.96 Å². The van der Waals surface area contributed by atoms with Gasteiger partial charge in [0.25, 0.3) is 0 Å². The van der Waals surface area contributed by atoms with Crippen molar-refractivity contribution in [3.05, 3.63) is 18.5 Å². The number of nitrogens with zero attached hydrogens (tertiary/aromatic N) is 4. The van der Waals surface area contributed by atoms with Crippen LogP contribution in [0.1, 0.15) is 26.7 Å². The molecule has 2 atom stereocenters. The summed E-state index contributed by atoms with van der Waals surface area (Å²) in [6, 6.07) is 2.60. The second-order valence-electron chi connectivity index (χ2n) is 6.09. The lowest BCUT2D eigenvalue weighted by Gasteiger charge is -2.24. The number of likely N-dealkylation sites (tertiary alicyclic amines) is 1. The molecule has 0 amide bonds. The summed E-state index contributed by atoms with van der Waals surface area (Å²) < 4.78 is 1.97. The van der Waals surface area contributed by atoms with Crippen molar-refractivity contribution >= 4 is 5.96 Å². The van der Waals surface area contributed by atoms with E-state index in [-0.39, 0.29) is 0 Å². The van der Waals surface area contributed by atoms with Crippen LogP contribution in [0.15, 0.2) is 23.5 Å². The molecule has 0 aromatic carbocycles. The molecule has 6 nitrogen and oxygen atoms in total. The average Bonchev–Trinajstić information content (AvgIpc) is 3.18. The zero-order chi connectivity index (χ0) is 15.8. The molecule has 2 unspecified atom stereocenters.